The van der Waals surface area contributed by atoms with Crippen LogP contribution in [0.15, 0.2) is 5.38 Å². The van der Waals surface area contributed by atoms with Crippen LogP contribution >= 0.6 is 11.3 Å². The zero-order valence-electron chi connectivity index (χ0n) is 11.6. The van der Waals surface area contributed by atoms with Crippen molar-refractivity contribution in [3.05, 3.63) is 16.1 Å². The Morgan fingerprint density at radius 3 is 2.41 bits per heavy atom. The fourth-order valence-corrected chi connectivity index (χ4v) is 3.59. The van der Waals surface area contributed by atoms with E-state index in [1.165, 1.54) is 23.5 Å². The van der Waals surface area contributed by atoms with Crippen LogP contribution in [-0.2, 0) is 5.54 Å². The zero-order valence-corrected chi connectivity index (χ0v) is 12.4. The number of aromatic nitrogens is 1. The van der Waals surface area contributed by atoms with E-state index >= 15 is 0 Å². The molecule has 0 aliphatic heterocycles. The van der Waals surface area contributed by atoms with Crippen molar-refractivity contribution in [3.8, 4) is 0 Å². The fraction of sp³-hybridized carbons (Fsp3) is 0.786. The second kappa shape index (κ2) is 4.69. The molecule has 1 aromatic rings. The van der Waals surface area contributed by atoms with Crippen LogP contribution in [0.4, 0.5) is 0 Å². The second-order valence-electron chi connectivity index (χ2n) is 6.01. The van der Waals surface area contributed by atoms with Gasteiger partial charge in [0.05, 0.1) is 11.2 Å². The molecule has 1 heterocycles. The molecule has 1 fully saturated rings. The van der Waals surface area contributed by atoms with E-state index < -0.39 is 0 Å². The Morgan fingerprint density at radius 2 is 2.00 bits per heavy atom. The molecule has 1 aliphatic rings. The Balaban J connectivity index is 2.25. The molecule has 1 atom stereocenters. The molecule has 17 heavy (non-hydrogen) atoms. The van der Waals surface area contributed by atoms with E-state index in [9.17, 15) is 0 Å². The molecule has 1 N–H and O–H groups in total. The maximum atomic E-state index is 4.85. The summed E-state index contributed by atoms with van der Waals surface area (Å²) in [6.07, 6.45) is 2.68. The van der Waals surface area contributed by atoms with E-state index in [2.05, 4.69) is 45.3 Å². The first-order chi connectivity index (χ1) is 7.93. The van der Waals surface area contributed by atoms with E-state index in [1.807, 2.05) is 11.3 Å². The van der Waals surface area contributed by atoms with Gasteiger partial charge in [-0.15, -0.1) is 11.3 Å². The van der Waals surface area contributed by atoms with Gasteiger partial charge in [-0.2, -0.15) is 0 Å². The van der Waals surface area contributed by atoms with E-state index in [4.69, 9.17) is 4.98 Å². The topological polar surface area (TPSA) is 24.9 Å². The monoisotopic (exact) mass is 252 g/mol. The highest BCUT2D eigenvalue weighted by Gasteiger charge is 2.45. The SMILES string of the molecule is CC(C)NC(C)(c1nc(C(C)C)cs1)C1CC1. The number of hydrogen-bond donors (Lipinski definition) is 1. The number of hydrogen-bond acceptors (Lipinski definition) is 3. The van der Waals surface area contributed by atoms with Crippen LogP contribution < -0.4 is 5.32 Å². The molecule has 1 aliphatic carbocycles. The van der Waals surface area contributed by atoms with Crippen molar-refractivity contribution in [1.29, 1.82) is 0 Å². The first-order valence-electron chi connectivity index (χ1n) is 6.67. The molecule has 0 bridgehead atoms. The highest BCUT2D eigenvalue weighted by molar-refractivity contribution is 7.09. The minimum absolute atomic E-state index is 0.0893. The van der Waals surface area contributed by atoms with Crippen LogP contribution in [0.25, 0.3) is 0 Å². The van der Waals surface area contributed by atoms with Gasteiger partial charge in [-0.25, -0.2) is 4.98 Å². The molecule has 96 valence electrons. The molecule has 2 rings (SSSR count). The standard InChI is InChI=1S/C14H24N2S/c1-9(2)12-8-17-13(15-12)14(5,11-6-7-11)16-10(3)4/h8-11,16H,6-7H2,1-5H3. The molecule has 1 aromatic heterocycles. The van der Waals surface area contributed by atoms with Crippen molar-refractivity contribution >= 4 is 11.3 Å². The molecular formula is C14H24N2S. The van der Waals surface area contributed by atoms with Crippen molar-refractivity contribution in [3.63, 3.8) is 0 Å². The van der Waals surface area contributed by atoms with Gasteiger partial charge in [0.15, 0.2) is 0 Å². The number of nitrogens with zero attached hydrogens (tertiary/aromatic N) is 1. The van der Waals surface area contributed by atoms with Gasteiger partial charge in [0.25, 0.3) is 0 Å². The minimum atomic E-state index is 0.0893. The molecule has 0 amide bonds. The lowest BCUT2D eigenvalue weighted by molar-refractivity contribution is 0.290. The highest BCUT2D eigenvalue weighted by atomic mass is 32.1. The molecule has 1 saturated carbocycles. The summed E-state index contributed by atoms with van der Waals surface area (Å²) in [5, 5.41) is 7.23. The van der Waals surface area contributed by atoms with Crippen molar-refractivity contribution in [2.45, 2.75) is 65.0 Å². The third kappa shape index (κ3) is 2.71. The molecule has 3 heteroatoms. The lowest BCUT2D eigenvalue weighted by atomic mass is 9.95. The van der Waals surface area contributed by atoms with E-state index in [1.54, 1.807) is 0 Å². The van der Waals surface area contributed by atoms with Gasteiger partial charge >= 0.3 is 0 Å². The fourth-order valence-electron chi connectivity index (χ4n) is 2.40. The van der Waals surface area contributed by atoms with E-state index in [0.717, 1.165) is 5.92 Å². The van der Waals surface area contributed by atoms with Crippen LogP contribution in [0.3, 0.4) is 0 Å². The number of thiazole rings is 1. The Labute approximate surface area is 109 Å². The van der Waals surface area contributed by atoms with Gasteiger partial charge < -0.3 is 5.32 Å². The van der Waals surface area contributed by atoms with Crippen molar-refractivity contribution in [1.82, 2.24) is 10.3 Å². The lowest BCUT2D eigenvalue weighted by Crippen LogP contribution is -2.45. The molecule has 1 unspecified atom stereocenters. The van der Waals surface area contributed by atoms with Crippen LogP contribution in [0.5, 0.6) is 0 Å². The maximum absolute atomic E-state index is 4.85. The lowest BCUT2D eigenvalue weighted by Gasteiger charge is -2.31. The smallest absolute Gasteiger partial charge is 0.113 e. The molecule has 0 radical (unpaired) electrons. The summed E-state index contributed by atoms with van der Waals surface area (Å²) in [6.45, 7) is 11.2. The highest BCUT2D eigenvalue weighted by Crippen LogP contribution is 2.46. The summed E-state index contributed by atoms with van der Waals surface area (Å²) in [5.74, 6) is 1.30. The Hall–Kier alpha value is -0.410. The van der Waals surface area contributed by atoms with Gasteiger partial charge in [0.1, 0.15) is 5.01 Å². The van der Waals surface area contributed by atoms with Crippen molar-refractivity contribution in [2.24, 2.45) is 5.92 Å². The first-order valence-corrected chi connectivity index (χ1v) is 7.55. The van der Waals surface area contributed by atoms with Gasteiger partial charge in [-0.1, -0.05) is 13.8 Å². The third-order valence-electron chi connectivity index (χ3n) is 3.54. The number of rotatable bonds is 5. The Morgan fingerprint density at radius 1 is 1.35 bits per heavy atom. The number of nitrogens with one attached hydrogen (secondary N) is 1. The van der Waals surface area contributed by atoms with Crippen molar-refractivity contribution < 1.29 is 0 Å². The van der Waals surface area contributed by atoms with Gasteiger partial charge in [0.2, 0.25) is 0 Å². The van der Waals surface area contributed by atoms with Crippen LogP contribution in [-0.4, -0.2) is 11.0 Å². The van der Waals surface area contributed by atoms with Gasteiger partial charge in [0, 0.05) is 11.4 Å². The van der Waals surface area contributed by atoms with Gasteiger partial charge in [-0.05, 0) is 45.4 Å². The molecule has 0 spiro atoms. The summed E-state index contributed by atoms with van der Waals surface area (Å²) in [7, 11) is 0. The summed E-state index contributed by atoms with van der Waals surface area (Å²) >= 11 is 1.82. The summed E-state index contributed by atoms with van der Waals surface area (Å²) in [5.41, 5.74) is 1.33. The average molecular weight is 252 g/mol. The van der Waals surface area contributed by atoms with Crippen molar-refractivity contribution in [2.75, 3.05) is 0 Å². The summed E-state index contributed by atoms with van der Waals surface area (Å²) in [4.78, 5) is 4.85. The predicted molar refractivity (Wildman–Crippen MR) is 74.6 cm³/mol. The molecule has 2 nitrogen and oxygen atoms in total. The normalized spacial score (nSPS) is 19.9. The molecular weight excluding hydrogens is 228 g/mol. The van der Waals surface area contributed by atoms with E-state index in [-0.39, 0.29) is 5.54 Å². The van der Waals surface area contributed by atoms with Crippen LogP contribution in [0.1, 0.15) is 64.1 Å². The Kier molecular flexibility index (Phi) is 3.60. The summed E-state index contributed by atoms with van der Waals surface area (Å²) in [6, 6.07) is 0.506. The van der Waals surface area contributed by atoms with Gasteiger partial charge in [-0.3, -0.25) is 0 Å². The van der Waals surface area contributed by atoms with Crippen LogP contribution in [0.2, 0.25) is 0 Å². The first kappa shape index (κ1) is 13.0. The maximum Gasteiger partial charge on any atom is 0.113 e. The zero-order chi connectivity index (χ0) is 12.6. The quantitative estimate of drug-likeness (QED) is 0.860. The average Bonchev–Trinajstić information content (AvgIpc) is 2.94. The minimum Gasteiger partial charge on any atom is -0.303 e. The molecule has 0 saturated heterocycles. The van der Waals surface area contributed by atoms with Crippen LogP contribution in [0, 0.1) is 5.92 Å². The Bertz CT molecular complexity index is 379. The second-order valence-corrected chi connectivity index (χ2v) is 6.87. The largest absolute Gasteiger partial charge is 0.303 e. The molecule has 0 aromatic carbocycles. The summed E-state index contributed by atoms with van der Waals surface area (Å²) < 4.78 is 0. The van der Waals surface area contributed by atoms with E-state index in [0.29, 0.717) is 12.0 Å². The third-order valence-corrected chi connectivity index (χ3v) is 4.64. The predicted octanol–water partition coefficient (Wildman–Crippen LogP) is 3.89.